The van der Waals surface area contributed by atoms with Crippen LogP contribution in [0.5, 0.6) is 0 Å². The first-order valence-corrected chi connectivity index (χ1v) is 7.79. The molecular weight excluding hydrogens is 246 g/mol. The quantitative estimate of drug-likeness (QED) is 0.832. The van der Waals surface area contributed by atoms with Gasteiger partial charge >= 0.3 is 0 Å². The van der Waals surface area contributed by atoms with Gasteiger partial charge in [0.15, 0.2) is 0 Å². The first-order valence-electron chi connectivity index (χ1n) is 7.79. The van der Waals surface area contributed by atoms with E-state index in [1.54, 1.807) is 0 Å². The minimum atomic E-state index is -0.394. The van der Waals surface area contributed by atoms with Crippen LogP contribution in [-0.4, -0.2) is 17.3 Å². The summed E-state index contributed by atoms with van der Waals surface area (Å²) < 4.78 is 0. The lowest BCUT2D eigenvalue weighted by Crippen LogP contribution is -2.34. The van der Waals surface area contributed by atoms with Crippen molar-refractivity contribution in [3.05, 3.63) is 34.9 Å². The highest BCUT2D eigenvalue weighted by Crippen LogP contribution is 2.27. The molecular formula is C18H31NO. The second-order valence-electron chi connectivity index (χ2n) is 6.96. The van der Waals surface area contributed by atoms with E-state index in [0.29, 0.717) is 0 Å². The Labute approximate surface area is 124 Å². The molecule has 0 aliphatic heterocycles. The Bertz CT molecular complexity index is 420. The Morgan fingerprint density at radius 2 is 1.85 bits per heavy atom. The average molecular weight is 277 g/mol. The Morgan fingerprint density at radius 1 is 1.20 bits per heavy atom. The van der Waals surface area contributed by atoms with Crippen molar-refractivity contribution < 1.29 is 5.11 Å². The molecule has 0 amide bonds. The monoisotopic (exact) mass is 277 g/mol. The van der Waals surface area contributed by atoms with Gasteiger partial charge in [-0.1, -0.05) is 52.3 Å². The van der Waals surface area contributed by atoms with Crippen molar-refractivity contribution in [2.24, 2.45) is 5.73 Å². The van der Waals surface area contributed by atoms with E-state index in [-0.39, 0.29) is 11.5 Å². The first kappa shape index (κ1) is 17.2. The van der Waals surface area contributed by atoms with Crippen LogP contribution in [0.25, 0.3) is 0 Å². The summed E-state index contributed by atoms with van der Waals surface area (Å²) in [6.45, 7) is 11.0. The summed E-state index contributed by atoms with van der Waals surface area (Å²) in [6.07, 6.45) is 3.16. The highest BCUT2D eigenvalue weighted by Gasteiger charge is 2.17. The molecule has 2 heteroatoms. The highest BCUT2D eigenvalue weighted by molar-refractivity contribution is 5.35. The van der Waals surface area contributed by atoms with Gasteiger partial charge in [-0.3, -0.25) is 0 Å². The zero-order valence-electron chi connectivity index (χ0n) is 13.7. The van der Waals surface area contributed by atoms with Crippen molar-refractivity contribution in [2.45, 2.75) is 77.9 Å². The third kappa shape index (κ3) is 4.92. The topological polar surface area (TPSA) is 46.2 Å². The largest absolute Gasteiger partial charge is 0.392 e. The standard InChI is InChI=1S/C18H31NO/c1-6-7-16(19)17(20)11-10-14-9-8-13(2)15(12-14)18(3,4)5/h8-9,12,16-17,20H,6-7,10-11,19H2,1-5H3. The summed E-state index contributed by atoms with van der Waals surface area (Å²) >= 11 is 0. The maximum atomic E-state index is 10.1. The maximum Gasteiger partial charge on any atom is 0.0694 e. The van der Waals surface area contributed by atoms with E-state index in [1.165, 1.54) is 16.7 Å². The van der Waals surface area contributed by atoms with E-state index < -0.39 is 6.10 Å². The number of rotatable bonds is 6. The third-order valence-corrected chi connectivity index (χ3v) is 3.96. The van der Waals surface area contributed by atoms with E-state index in [4.69, 9.17) is 5.73 Å². The lowest BCUT2D eigenvalue weighted by Gasteiger charge is -2.23. The van der Waals surface area contributed by atoms with Crippen molar-refractivity contribution in [1.82, 2.24) is 0 Å². The van der Waals surface area contributed by atoms with Crippen LogP contribution in [0.1, 0.15) is 63.6 Å². The summed E-state index contributed by atoms with van der Waals surface area (Å²) in [5, 5.41) is 10.1. The molecule has 20 heavy (non-hydrogen) atoms. The molecule has 2 atom stereocenters. The number of nitrogens with two attached hydrogens (primary N) is 1. The zero-order chi connectivity index (χ0) is 15.3. The lowest BCUT2D eigenvalue weighted by atomic mass is 9.82. The maximum absolute atomic E-state index is 10.1. The molecule has 0 heterocycles. The Kier molecular flexibility index (Phi) is 6.22. The summed E-state index contributed by atoms with van der Waals surface area (Å²) in [5.41, 5.74) is 10.2. The van der Waals surface area contributed by atoms with Crippen LogP contribution in [0.2, 0.25) is 0 Å². The van der Waals surface area contributed by atoms with Crippen molar-refractivity contribution in [3.8, 4) is 0 Å². The van der Waals surface area contributed by atoms with Gasteiger partial charge < -0.3 is 10.8 Å². The molecule has 2 nitrogen and oxygen atoms in total. The molecule has 0 aromatic heterocycles. The molecule has 0 aliphatic carbocycles. The van der Waals surface area contributed by atoms with Crippen LogP contribution in [0.4, 0.5) is 0 Å². The van der Waals surface area contributed by atoms with E-state index in [2.05, 4.69) is 52.8 Å². The molecule has 3 N–H and O–H groups in total. The molecule has 1 rings (SSSR count). The van der Waals surface area contributed by atoms with Gasteiger partial charge in [-0.25, -0.2) is 0 Å². The molecule has 1 aromatic carbocycles. The van der Waals surface area contributed by atoms with Crippen LogP contribution < -0.4 is 5.73 Å². The predicted octanol–water partition coefficient (Wildman–Crippen LogP) is 3.71. The molecule has 2 unspecified atom stereocenters. The van der Waals surface area contributed by atoms with Gasteiger partial charge in [0, 0.05) is 6.04 Å². The van der Waals surface area contributed by atoms with Gasteiger partial charge in [-0.2, -0.15) is 0 Å². The fourth-order valence-corrected chi connectivity index (χ4v) is 2.69. The van der Waals surface area contributed by atoms with Gasteiger partial charge in [-0.15, -0.1) is 0 Å². The van der Waals surface area contributed by atoms with Crippen LogP contribution >= 0.6 is 0 Å². The zero-order valence-corrected chi connectivity index (χ0v) is 13.7. The van der Waals surface area contributed by atoms with Crippen LogP contribution in [-0.2, 0) is 11.8 Å². The van der Waals surface area contributed by atoms with E-state index >= 15 is 0 Å². The summed E-state index contributed by atoms with van der Waals surface area (Å²) in [4.78, 5) is 0. The SMILES string of the molecule is CCCC(N)C(O)CCc1ccc(C)c(C(C)(C)C)c1. The van der Waals surface area contributed by atoms with Crippen LogP contribution in [0.3, 0.4) is 0 Å². The van der Waals surface area contributed by atoms with E-state index in [1.807, 2.05) is 0 Å². The molecule has 0 radical (unpaired) electrons. The number of aliphatic hydroxyl groups excluding tert-OH is 1. The number of hydrogen-bond donors (Lipinski definition) is 2. The second-order valence-corrected chi connectivity index (χ2v) is 6.96. The molecule has 0 bridgehead atoms. The van der Waals surface area contributed by atoms with Crippen molar-refractivity contribution in [2.75, 3.05) is 0 Å². The minimum Gasteiger partial charge on any atom is -0.392 e. The van der Waals surface area contributed by atoms with E-state index in [9.17, 15) is 5.11 Å². The average Bonchev–Trinajstić information content (AvgIpc) is 2.36. The first-order chi connectivity index (χ1) is 9.25. The molecule has 0 saturated carbocycles. The number of aliphatic hydroxyl groups is 1. The molecule has 0 saturated heterocycles. The van der Waals surface area contributed by atoms with Gasteiger partial charge in [0.05, 0.1) is 6.10 Å². The Morgan fingerprint density at radius 3 is 2.40 bits per heavy atom. The van der Waals surface area contributed by atoms with E-state index in [0.717, 1.165) is 25.7 Å². The summed E-state index contributed by atoms with van der Waals surface area (Å²) in [7, 11) is 0. The van der Waals surface area contributed by atoms with Crippen LogP contribution in [0, 0.1) is 6.92 Å². The number of benzene rings is 1. The molecule has 0 fully saturated rings. The number of aryl methyl sites for hydroxylation is 2. The fourth-order valence-electron chi connectivity index (χ4n) is 2.69. The van der Waals surface area contributed by atoms with Gasteiger partial charge in [0.25, 0.3) is 0 Å². The van der Waals surface area contributed by atoms with Crippen LogP contribution in [0.15, 0.2) is 18.2 Å². The van der Waals surface area contributed by atoms with Crippen molar-refractivity contribution in [3.63, 3.8) is 0 Å². The summed E-state index contributed by atoms with van der Waals surface area (Å²) in [6, 6.07) is 6.55. The molecule has 1 aromatic rings. The minimum absolute atomic E-state index is 0.0902. The smallest absolute Gasteiger partial charge is 0.0694 e. The predicted molar refractivity (Wildman–Crippen MR) is 87.1 cm³/mol. The fraction of sp³-hybridized carbons (Fsp3) is 0.667. The third-order valence-electron chi connectivity index (χ3n) is 3.96. The van der Waals surface area contributed by atoms with Gasteiger partial charge in [-0.05, 0) is 48.3 Å². The molecule has 0 aliphatic rings. The normalized spacial score (nSPS) is 15.2. The Balaban J connectivity index is 2.70. The number of hydrogen-bond acceptors (Lipinski definition) is 2. The molecule has 114 valence electrons. The van der Waals surface area contributed by atoms with Gasteiger partial charge in [0.2, 0.25) is 0 Å². The van der Waals surface area contributed by atoms with Crippen molar-refractivity contribution in [1.29, 1.82) is 0 Å². The Hall–Kier alpha value is -0.860. The molecule has 0 spiro atoms. The van der Waals surface area contributed by atoms with Crippen molar-refractivity contribution >= 4 is 0 Å². The summed E-state index contributed by atoms with van der Waals surface area (Å²) in [5.74, 6) is 0. The highest BCUT2D eigenvalue weighted by atomic mass is 16.3. The second kappa shape index (κ2) is 7.24. The van der Waals surface area contributed by atoms with Gasteiger partial charge in [0.1, 0.15) is 0 Å². The lowest BCUT2D eigenvalue weighted by molar-refractivity contribution is 0.131.